The zero-order valence-corrected chi connectivity index (χ0v) is 4.83. The summed E-state index contributed by atoms with van der Waals surface area (Å²) in [5, 5.41) is 0.944. The number of hydrogen-bond acceptors (Lipinski definition) is 3. The Kier molecular flexibility index (Phi) is 1.46. The summed E-state index contributed by atoms with van der Waals surface area (Å²) in [7, 11) is 0. The van der Waals surface area contributed by atoms with E-state index in [2.05, 4.69) is 0 Å². The van der Waals surface area contributed by atoms with E-state index in [9.17, 15) is 9.59 Å². The van der Waals surface area contributed by atoms with Crippen LogP contribution in [-0.2, 0) is 9.59 Å². The van der Waals surface area contributed by atoms with Crippen molar-refractivity contribution in [1.29, 1.82) is 0 Å². The lowest BCUT2D eigenvalue weighted by atomic mass is 10.4. The van der Waals surface area contributed by atoms with Crippen LogP contribution in [0.25, 0.3) is 0 Å². The van der Waals surface area contributed by atoms with Crippen LogP contribution in [0.15, 0.2) is 0 Å². The van der Waals surface area contributed by atoms with E-state index in [1.165, 1.54) is 0 Å². The molecule has 0 aliphatic carbocycles. The van der Waals surface area contributed by atoms with Gasteiger partial charge in [0.25, 0.3) is 11.8 Å². The molecule has 1 heterocycles. The van der Waals surface area contributed by atoms with Crippen LogP contribution in [0.5, 0.6) is 0 Å². The van der Waals surface area contributed by atoms with Gasteiger partial charge in [-0.25, -0.2) is 0 Å². The number of amides is 2. The summed E-state index contributed by atoms with van der Waals surface area (Å²) in [6.45, 7) is 0. The molecule has 50 valence electrons. The van der Waals surface area contributed by atoms with E-state index >= 15 is 0 Å². The first kappa shape index (κ1) is 6.18. The Morgan fingerprint density at radius 1 is 1.33 bits per heavy atom. The Hall–Kier alpha value is -0.940. The molecule has 1 saturated heterocycles. The average Bonchev–Trinajstić information content (AvgIpc) is 2.12. The second-order valence-corrected chi connectivity index (χ2v) is 1.81. The summed E-state index contributed by atoms with van der Waals surface area (Å²) >= 11 is 0. The number of nitrogens with two attached hydrogens (primary N) is 2. The summed E-state index contributed by atoms with van der Waals surface area (Å²) in [6, 6.07) is 0. The normalized spacial score (nSPS) is 19.4. The molecule has 0 spiro atoms. The van der Waals surface area contributed by atoms with Crippen molar-refractivity contribution in [2.75, 3.05) is 0 Å². The summed E-state index contributed by atoms with van der Waals surface area (Å²) in [6.07, 6.45) is 0.596. The number of imide groups is 1. The molecule has 5 nitrogen and oxygen atoms in total. The smallest absolute Gasteiger partial charge is 0.269 e. The predicted molar refractivity (Wildman–Crippen MR) is 27.2 cm³/mol. The van der Waals surface area contributed by atoms with Crippen LogP contribution in [0.3, 0.4) is 0 Å². The van der Waals surface area contributed by atoms with Crippen molar-refractivity contribution in [3.8, 4) is 0 Å². The Morgan fingerprint density at radius 2 is 1.78 bits per heavy atom. The maximum absolute atomic E-state index is 10.6. The molecule has 0 unspecified atom stereocenters. The lowest BCUT2D eigenvalue weighted by Crippen LogP contribution is -3.00. The van der Waals surface area contributed by atoms with Crippen LogP contribution in [0.1, 0.15) is 12.8 Å². The highest BCUT2D eigenvalue weighted by Gasteiger charge is 2.31. The van der Waals surface area contributed by atoms with Gasteiger partial charge in [0.1, 0.15) is 0 Å². The fraction of sp³-hybridized carbons (Fsp3) is 0.500. The average molecular weight is 130 g/mol. The second-order valence-electron chi connectivity index (χ2n) is 1.81. The molecular formula is C4H8N3O2+. The molecule has 1 rings (SSSR count). The lowest BCUT2D eigenvalue weighted by molar-refractivity contribution is -0.780. The zero-order valence-electron chi connectivity index (χ0n) is 4.83. The van der Waals surface area contributed by atoms with Gasteiger partial charge in [-0.15, -0.1) is 5.01 Å². The maximum Gasteiger partial charge on any atom is 0.278 e. The van der Waals surface area contributed by atoms with Gasteiger partial charge in [0, 0.05) is 12.8 Å². The molecule has 9 heavy (non-hydrogen) atoms. The number of quaternary nitrogens is 1. The molecule has 4 N–H and O–H groups in total. The van der Waals surface area contributed by atoms with Gasteiger partial charge in [-0.2, -0.15) is 11.4 Å². The van der Waals surface area contributed by atoms with Crippen LogP contribution in [0.2, 0.25) is 0 Å². The second kappa shape index (κ2) is 2.12. The molecule has 1 fully saturated rings. The van der Waals surface area contributed by atoms with Gasteiger partial charge in [-0.05, 0) is 0 Å². The lowest BCUT2D eigenvalue weighted by Gasteiger charge is -2.03. The summed E-state index contributed by atoms with van der Waals surface area (Å²) in [5.41, 5.74) is 1.01. The largest absolute Gasteiger partial charge is 0.278 e. The first-order chi connectivity index (χ1) is 4.25. The van der Waals surface area contributed by atoms with Gasteiger partial charge in [-0.1, -0.05) is 0 Å². The standard InChI is InChI=1S/C4H7N3O2/c5-6-7-3(8)1-2-4(7)9/h6H,1-2,5H2/p+1. The molecule has 5 heteroatoms. The predicted octanol–water partition coefficient (Wildman–Crippen LogP) is -2.51. The van der Waals surface area contributed by atoms with Gasteiger partial charge in [-0.3, -0.25) is 9.59 Å². The van der Waals surface area contributed by atoms with Gasteiger partial charge in [0.15, 0.2) is 0 Å². The molecule has 0 aromatic rings. The number of nitrogens with zero attached hydrogens (tertiary/aromatic N) is 1. The van der Waals surface area contributed by atoms with Crippen molar-refractivity contribution in [1.82, 2.24) is 5.01 Å². The molecular weight excluding hydrogens is 122 g/mol. The highest BCUT2D eigenvalue weighted by Crippen LogP contribution is 2.04. The van der Waals surface area contributed by atoms with Crippen molar-refractivity contribution in [2.24, 2.45) is 5.84 Å². The van der Waals surface area contributed by atoms with E-state index in [4.69, 9.17) is 5.84 Å². The monoisotopic (exact) mass is 130 g/mol. The number of carbonyl (C=O) groups is 2. The topological polar surface area (TPSA) is 80.0 Å². The Bertz CT molecular complexity index is 140. The molecule has 0 radical (unpaired) electrons. The summed E-state index contributed by atoms with van der Waals surface area (Å²) < 4.78 is 0. The SMILES string of the molecule is N[NH2+]N1C(=O)CCC1=O. The van der Waals surface area contributed by atoms with Crippen molar-refractivity contribution in [3.63, 3.8) is 0 Å². The van der Waals surface area contributed by atoms with Crippen LogP contribution < -0.4 is 11.4 Å². The van der Waals surface area contributed by atoms with Crippen molar-refractivity contribution in [3.05, 3.63) is 0 Å². The van der Waals surface area contributed by atoms with E-state index in [1.54, 1.807) is 0 Å². The third-order valence-corrected chi connectivity index (χ3v) is 1.24. The van der Waals surface area contributed by atoms with Crippen molar-refractivity contribution < 1.29 is 15.1 Å². The van der Waals surface area contributed by atoms with Crippen LogP contribution in [-0.4, -0.2) is 16.8 Å². The minimum absolute atomic E-state index is 0.206. The number of hydrogen-bond donors (Lipinski definition) is 2. The first-order valence-electron chi connectivity index (χ1n) is 2.65. The molecule has 0 saturated carbocycles. The van der Waals surface area contributed by atoms with E-state index in [0.717, 1.165) is 10.5 Å². The number of rotatable bonds is 1. The molecule has 1 aliphatic rings. The van der Waals surface area contributed by atoms with E-state index < -0.39 is 0 Å². The van der Waals surface area contributed by atoms with Crippen LogP contribution in [0, 0.1) is 0 Å². The van der Waals surface area contributed by atoms with Gasteiger partial charge in [0.05, 0.1) is 0 Å². The third kappa shape index (κ3) is 0.914. The van der Waals surface area contributed by atoms with Crippen molar-refractivity contribution in [2.45, 2.75) is 12.8 Å². The maximum atomic E-state index is 10.6. The van der Waals surface area contributed by atoms with Gasteiger partial charge >= 0.3 is 0 Å². The molecule has 2 amide bonds. The quantitative estimate of drug-likeness (QED) is 0.178. The highest BCUT2D eigenvalue weighted by molar-refractivity contribution is 6.00. The van der Waals surface area contributed by atoms with Gasteiger partial charge < -0.3 is 0 Å². The minimum atomic E-state index is -0.206. The Balaban J connectivity index is 2.66. The molecule has 0 atom stereocenters. The molecule has 0 bridgehead atoms. The Labute approximate surface area is 51.7 Å². The molecule has 0 aromatic heterocycles. The first-order valence-corrected chi connectivity index (χ1v) is 2.65. The van der Waals surface area contributed by atoms with Gasteiger partial charge in [0.2, 0.25) is 0 Å². The van der Waals surface area contributed by atoms with Crippen molar-refractivity contribution >= 4 is 11.8 Å². The van der Waals surface area contributed by atoms with Crippen LogP contribution in [0.4, 0.5) is 0 Å². The van der Waals surface area contributed by atoms with E-state index in [-0.39, 0.29) is 11.8 Å². The third-order valence-electron chi connectivity index (χ3n) is 1.24. The molecule has 1 aliphatic heterocycles. The minimum Gasteiger partial charge on any atom is -0.269 e. The summed E-state index contributed by atoms with van der Waals surface area (Å²) in [5.74, 6) is 4.56. The zero-order chi connectivity index (χ0) is 6.85. The summed E-state index contributed by atoms with van der Waals surface area (Å²) in [4.78, 5) is 21.2. The fourth-order valence-corrected chi connectivity index (χ4v) is 0.760. The molecule has 0 aromatic carbocycles. The van der Waals surface area contributed by atoms with E-state index in [0.29, 0.717) is 12.8 Å². The number of carbonyl (C=O) groups excluding carboxylic acids is 2. The fourth-order valence-electron chi connectivity index (χ4n) is 0.760. The van der Waals surface area contributed by atoms with E-state index in [1.807, 2.05) is 0 Å². The highest BCUT2D eigenvalue weighted by atomic mass is 16.2. The Morgan fingerprint density at radius 3 is 2.00 bits per heavy atom. The van der Waals surface area contributed by atoms with Crippen LogP contribution >= 0.6 is 0 Å².